The van der Waals surface area contributed by atoms with Crippen molar-refractivity contribution >= 4 is 5.78 Å². The lowest BCUT2D eigenvalue weighted by atomic mass is 10.1. The first-order chi connectivity index (χ1) is 8.27. The molecule has 94 valence electrons. The number of ether oxygens (including phenoxy) is 2. The second kappa shape index (κ2) is 7.20. The van der Waals surface area contributed by atoms with E-state index in [1.165, 1.54) is 0 Å². The minimum Gasteiger partial charge on any atom is -0.348 e. The van der Waals surface area contributed by atoms with Crippen LogP contribution in [0.15, 0.2) is 30.3 Å². The van der Waals surface area contributed by atoms with E-state index in [9.17, 15) is 4.79 Å². The Hall–Kier alpha value is -1.19. The monoisotopic (exact) mass is 236 g/mol. The molecule has 3 nitrogen and oxygen atoms in total. The fourth-order valence-electron chi connectivity index (χ4n) is 1.54. The van der Waals surface area contributed by atoms with Crippen molar-refractivity contribution < 1.29 is 14.3 Å². The van der Waals surface area contributed by atoms with E-state index in [1.54, 1.807) is 6.92 Å². The molecule has 3 heteroatoms. The van der Waals surface area contributed by atoms with Gasteiger partial charge in [0.2, 0.25) is 0 Å². The van der Waals surface area contributed by atoms with Gasteiger partial charge in [-0.25, -0.2) is 0 Å². The first-order valence-electron chi connectivity index (χ1n) is 6.06. The summed E-state index contributed by atoms with van der Waals surface area (Å²) in [6, 6.07) is 9.75. The van der Waals surface area contributed by atoms with Crippen molar-refractivity contribution in [2.45, 2.75) is 27.1 Å². The van der Waals surface area contributed by atoms with Crippen LogP contribution < -0.4 is 0 Å². The molecule has 1 saturated heterocycles. The van der Waals surface area contributed by atoms with Crippen molar-refractivity contribution in [2.24, 2.45) is 5.92 Å². The van der Waals surface area contributed by atoms with Gasteiger partial charge < -0.3 is 9.47 Å². The first kappa shape index (κ1) is 13.9. The van der Waals surface area contributed by atoms with Crippen LogP contribution in [0.1, 0.15) is 32.6 Å². The molecule has 1 heterocycles. The second-order valence-electron chi connectivity index (χ2n) is 3.72. The van der Waals surface area contributed by atoms with E-state index < -0.39 is 0 Å². The van der Waals surface area contributed by atoms with Gasteiger partial charge in [-0.2, -0.15) is 0 Å². The number of Topliss-reactive ketones (excluding diaryl/α,β-unsaturated/α-hetero) is 1. The summed E-state index contributed by atoms with van der Waals surface area (Å²) in [6.45, 7) is 6.48. The Kier molecular flexibility index (Phi) is 5.87. The average Bonchev–Trinajstić information content (AvgIpc) is 2.42. The molecule has 17 heavy (non-hydrogen) atoms. The van der Waals surface area contributed by atoms with Crippen molar-refractivity contribution in [1.29, 1.82) is 0 Å². The van der Waals surface area contributed by atoms with Gasteiger partial charge in [0.25, 0.3) is 0 Å². The predicted molar refractivity (Wildman–Crippen MR) is 66.6 cm³/mol. The first-order valence-corrected chi connectivity index (χ1v) is 6.06. The van der Waals surface area contributed by atoms with Crippen LogP contribution in [0.4, 0.5) is 0 Å². The number of benzene rings is 1. The number of ketones is 1. The highest BCUT2D eigenvalue weighted by molar-refractivity contribution is 5.78. The highest BCUT2D eigenvalue weighted by atomic mass is 16.7. The van der Waals surface area contributed by atoms with E-state index in [4.69, 9.17) is 9.47 Å². The molecule has 1 aromatic carbocycles. The molecular weight excluding hydrogens is 216 g/mol. The van der Waals surface area contributed by atoms with Crippen LogP contribution in [0.2, 0.25) is 0 Å². The summed E-state index contributed by atoms with van der Waals surface area (Å²) in [7, 11) is 0. The van der Waals surface area contributed by atoms with Crippen LogP contribution in [-0.2, 0) is 14.3 Å². The van der Waals surface area contributed by atoms with Crippen molar-refractivity contribution in [3.8, 4) is 0 Å². The summed E-state index contributed by atoms with van der Waals surface area (Å²) in [5, 5.41) is 0. The number of hydrogen-bond acceptors (Lipinski definition) is 3. The second-order valence-corrected chi connectivity index (χ2v) is 3.72. The Bertz CT molecular complexity index is 327. The van der Waals surface area contributed by atoms with Gasteiger partial charge in [-0.15, -0.1) is 0 Å². The summed E-state index contributed by atoms with van der Waals surface area (Å²) < 4.78 is 11.0. The van der Waals surface area contributed by atoms with E-state index >= 15 is 0 Å². The molecule has 1 aliphatic heterocycles. The van der Waals surface area contributed by atoms with Gasteiger partial charge in [-0.3, -0.25) is 4.79 Å². The maximum absolute atomic E-state index is 11.1. The smallest absolute Gasteiger partial charge is 0.183 e. The van der Waals surface area contributed by atoms with Gasteiger partial charge in [-0.05, 0) is 6.92 Å². The van der Waals surface area contributed by atoms with E-state index in [1.807, 2.05) is 44.2 Å². The number of rotatable bonds is 2. The number of carbonyl (C=O) groups excluding carboxylic acids is 1. The Labute approximate surface area is 103 Å². The van der Waals surface area contributed by atoms with Crippen LogP contribution in [-0.4, -0.2) is 19.0 Å². The largest absolute Gasteiger partial charge is 0.348 e. The fraction of sp³-hybridized carbons (Fsp3) is 0.500. The third-order valence-electron chi connectivity index (χ3n) is 2.54. The minimum absolute atomic E-state index is 0.107. The molecule has 0 N–H and O–H groups in total. The van der Waals surface area contributed by atoms with E-state index in [0.29, 0.717) is 13.2 Å². The molecule has 2 rings (SSSR count). The van der Waals surface area contributed by atoms with Crippen molar-refractivity contribution in [2.75, 3.05) is 13.2 Å². The van der Waals surface area contributed by atoms with Crippen LogP contribution in [0.5, 0.6) is 0 Å². The Balaban J connectivity index is 0.000000686. The summed E-state index contributed by atoms with van der Waals surface area (Å²) in [5.41, 5.74) is 1.000. The molecule has 1 aromatic rings. The molecule has 0 radical (unpaired) electrons. The molecule has 1 fully saturated rings. The van der Waals surface area contributed by atoms with Crippen LogP contribution in [0, 0.1) is 5.92 Å². The van der Waals surface area contributed by atoms with Gasteiger partial charge >= 0.3 is 0 Å². The molecular formula is C14H20O3. The van der Waals surface area contributed by atoms with E-state index in [0.717, 1.165) is 5.56 Å². The van der Waals surface area contributed by atoms with E-state index in [2.05, 4.69) is 0 Å². The Morgan fingerprint density at radius 3 is 2.12 bits per heavy atom. The van der Waals surface area contributed by atoms with Gasteiger partial charge in [0.1, 0.15) is 5.78 Å². The summed E-state index contributed by atoms with van der Waals surface area (Å²) in [4.78, 5) is 11.1. The predicted octanol–water partition coefficient (Wildman–Crippen LogP) is 2.96. The van der Waals surface area contributed by atoms with Gasteiger partial charge in [-0.1, -0.05) is 44.2 Å². The van der Waals surface area contributed by atoms with Crippen LogP contribution in [0.25, 0.3) is 0 Å². The summed E-state index contributed by atoms with van der Waals surface area (Å²) >= 11 is 0. The lowest BCUT2D eigenvalue weighted by molar-refractivity contribution is -0.204. The topological polar surface area (TPSA) is 35.5 Å². The summed E-state index contributed by atoms with van der Waals surface area (Å²) in [6.07, 6.45) is -0.318. The third-order valence-corrected chi connectivity index (χ3v) is 2.54. The molecule has 0 unspecified atom stereocenters. The fourth-order valence-corrected chi connectivity index (χ4v) is 1.54. The average molecular weight is 236 g/mol. The normalized spacial score (nSPS) is 23.5. The van der Waals surface area contributed by atoms with Crippen molar-refractivity contribution in [3.05, 3.63) is 35.9 Å². The SMILES string of the molecule is CC.CC(=O)C1COC(c2ccccc2)OC1. The molecule has 0 atom stereocenters. The van der Waals surface area contributed by atoms with Crippen LogP contribution >= 0.6 is 0 Å². The Morgan fingerprint density at radius 1 is 1.12 bits per heavy atom. The lowest BCUT2D eigenvalue weighted by Crippen LogP contribution is -2.31. The maximum Gasteiger partial charge on any atom is 0.183 e. The number of hydrogen-bond donors (Lipinski definition) is 0. The van der Waals surface area contributed by atoms with Gasteiger partial charge in [0.15, 0.2) is 6.29 Å². The van der Waals surface area contributed by atoms with Crippen LogP contribution in [0.3, 0.4) is 0 Å². The molecule has 0 amide bonds. The zero-order valence-corrected chi connectivity index (χ0v) is 10.7. The molecule has 1 aliphatic rings. The zero-order valence-electron chi connectivity index (χ0n) is 10.7. The molecule has 0 bridgehead atoms. The van der Waals surface area contributed by atoms with Gasteiger partial charge in [0, 0.05) is 5.56 Å². The van der Waals surface area contributed by atoms with Gasteiger partial charge in [0.05, 0.1) is 19.1 Å². The van der Waals surface area contributed by atoms with Crippen molar-refractivity contribution in [3.63, 3.8) is 0 Å². The quantitative estimate of drug-likeness (QED) is 0.792. The summed E-state index contributed by atoms with van der Waals surface area (Å²) in [5.74, 6) is 0.0199. The Morgan fingerprint density at radius 2 is 1.65 bits per heavy atom. The molecule has 0 aliphatic carbocycles. The number of carbonyl (C=O) groups is 1. The highest BCUT2D eigenvalue weighted by Crippen LogP contribution is 2.24. The third kappa shape index (κ3) is 3.95. The highest BCUT2D eigenvalue weighted by Gasteiger charge is 2.25. The maximum atomic E-state index is 11.1. The van der Waals surface area contributed by atoms with Crippen molar-refractivity contribution in [1.82, 2.24) is 0 Å². The minimum atomic E-state index is -0.318. The molecule has 0 spiro atoms. The van der Waals surface area contributed by atoms with E-state index in [-0.39, 0.29) is 18.0 Å². The zero-order chi connectivity index (χ0) is 12.7. The molecule has 0 saturated carbocycles. The lowest BCUT2D eigenvalue weighted by Gasteiger charge is -2.28. The molecule has 0 aromatic heterocycles. The standard InChI is InChI=1S/C12H14O3.C2H6/c1-9(13)11-7-14-12(15-8-11)10-5-3-2-4-6-10;1-2/h2-6,11-12H,7-8H2,1H3;1-2H3.